The van der Waals surface area contributed by atoms with Gasteiger partial charge in [0.05, 0.1) is 6.10 Å². The average Bonchev–Trinajstić information content (AvgIpc) is 2.52. The molecule has 0 saturated carbocycles. The Labute approximate surface area is 144 Å². The van der Waals surface area contributed by atoms with Crippen LogP contribution in [0.1, 0.15) is 11.1 Å². The number of amides is 1. The zero-order valence-electron chi connectivity index (χ0n) is 13.4. The maximum absolute atomic E-state index is 13.1. The van der Waals surface area contributed by atoms with E-state index in [1.807, 2.05) is 6.07 Å². The molecule has 0 aromatic heterocycles. The van der Waals surface area contributed by atoms with Crippen LogP contribution in [-0.4, -0.2) is 23.8 Å². The van der Waals surface area contributed by atoms with Crippen LogP contribution in [0.2, 0.25) is 0 Å². The van der Waals surface area contributed by atoms with Crippen molar-refractivity contribution in [2.75, 3.05) is 6.54 Å². The van der Waals surface area contributed by atoms with Crippen LogP contribution in [0.4, 0.5) is 13.6 Å². The second-order valence-corrected chi connectivity index (χ2v) is 5.48. The molecule has 0 heterocycles. The number of carbonyl (C=O) groups is 1. The third kappa shape index (κ3) is 6.86. The molecule has 1 radical (unpaired) electrons. The van der Waals surface area contributed by atoms with Gasteiger partial charge in [0.1, 0.15) is 17.4 Å². The predicted molar refractivity (Wildman–Crippen MR) is 88.7 cm³/mol. The Balaban J connectivity index is 1.75. The van der Waals surface area contributed by atoms with E-state index in [-0.39, 0.29) is 13.0 Å². The number of nitrogens with two attached hydrogens (primary N) is 1. The summed E-state index contributed by atoms with van der Waals surface area (Å²) in [5, 5.41) is 12.9. The number of rotatable bonds is 8. The third-order valence-electron chi connectivity index (χ3n) is 3.35. The van der Waals surface area contributed by atoms with Crippen molar-refractivity contribution in [3.8, 4) is 5.75 Å². The Morgan fingerprint density at radius 3 is 2.60 bits per heavy atom. The van der Waals surface area contributed by atoms with Gasteiger partial charge in [-0.3, -0.25) is 0 Å². The lowest BCUT2D eigenvalue weighted by Gasteiger charge is -2.12. The summed E-state index contributed by atoms with van der Waals surface area (Å²) < 4.78 is 31.0. The van der Waals surface area contributed by atoms with E-state index in [2.05, 4.69) is 5.32 Å². The summed E-state index contributed by atoms with van der Waals surface area (Å²) in [4.78, 5) is 10.7. The quantitative estimate of drug-likeness (QED) is 0.683. The van der Waals surface area contributed by atoms with Crippen molar-refractivity contribution < 1.29 is 23.4 Å². The largest absolute Gasteiger partial charge is 0.410 e. The third-order valence-corrected chi connectivity index (χ3v) is 3.35. The van der Waals surface area contributed by atoms with Gasteiger partial charge in [-0.05, 0) is 48.2 Å². The normalized spacial score (nSPS) is 12.0. The van der Waals surface area contributed by atoms with Crippen LogP contribution in [-0.2, 0) is 13.0 Å². The van der Waals surface area contributed by atoms with E-state index in [4.69, 9.17) is 10.5 Å². The van der Waals surface area contributed by atoms with Crippen molar-refractivity contribution in [3.63, 3.8) is 0 Å². The molecular weight excluding hydrogens is 330 g/mol. The summed E-state index contributed by atoms with van der Waals surface area (Å²) in [6.45, 7) is 0.703. The van der Waals surface area contributed by atoms with Crippen LogP contribution >= 0.6 is 0 Å². The van der Waals surface area contributed by atoms with Gasteiger partial charge in [0.2, 0.25) is 0 Å². The number of carbonyl (C=O) groups excluding carboxylic acids is 1. The van der Waals surface area contributed by atoms with E-state index in [0.29, 0.717) is 17.9 Å². The molecule has 0 aliphatic rings. The van der Waals surface area contributed by atoms with E-state index in [0.717, 1.165) is 11.6 Å². The highest BCUT2D eigenvalue weighted by atomic mass is 19.1. The van der Waals surface area contributed by atoms with E-state index >= 15 is 0 Å². The minimum absolute atomic E-state index is 0.249. The molecule has 2 aromatic carbocycles. The number of nitrogens with one attached hydrogen (secondary N) is 1. The molecular formula is C18H19F2N2O3. The van der Waals surface area contributed by atoms with Crippen molar-refractivity contribution in [1.29, 1.82) is 0 Å². The molecule has 0 aliphatic heterocycles. The SMILES string of the molecule is NC(=O)Oc1cccc(CNCC(O)[CH]Cc2cc(F)cc(F)c2)c1. The second-order valence-electron chi connectivity index (χ2n) is 5.48. The Kier molecular flexibility index (Phi) is 6.85. The first-order valence-corrected chi connectivity index (χ1v) is 7.65. The number of benzene rings is 2. The van der Waals surface area contributed by atoms with E-state index in [1.54, 1.807) is 24.6 Å². The zero-order valence-corrected chi connectivity index (χ0v) is 13.4. The molecule has 0 fully saturated rings. The first kappa shape index (κ1) is 18.8. The summed E-state index contributed by atoms with van der Waals surface area (Å²) >= 11 is 0. The van der Waals surface area contributed by atoms with Crippen molar-refractivity contribution in [1.82, 2.24) is 5.32 Å². The van der Waals surface area contributed by atoms with Gasteiger partial charge in [-0.15, -0.1) is 0 Å². The highest BCUT2D eigenvalue weighted by molar-refractivity contribution is 5.68. The number of primary amides is 1. The van der Waals surface area contributed by atoms with E-state index in [9.17, 15) is 18.7 Å². The first-order chi connectivity index (χ1) is 11.9. The van der Waals surface area contributed by atoms with Crippen molar-refractivity contribution >= 4 is 6.09 Å². The van der Waals surface area contributed by atoms with Gasteiger partial charge in [0.15, 0.2) is 0 Å². The fourth-order valence-corrected chi connectivity index (χ4v) is 2.28. The maximum Gasteiger partial charge on any atom is 0.409 e. The topological polar surface area (TPSA) is 84.6 Å². The van der Waals surface area contributed by atoms with Crippen molar-refractivity contribution in [2.24, 2.45) is 5.73 Å². The highest BCUT2D eigenvalue weighted by Gasteiger charge is 2.07. The lowest BCUT2D eigenvalue weighted by molar-refractivity contribution is 0.200. The maximum atomic E-state index is 13.1. The second kappa shape index (κ2) is 9.10. The van der Waals surface area contributed by atoms with Crippen LogP contribution in [0.25, 0.3) is 0 Å². The Morgan fingerprint density at radius 1 is 1.20 bits per heavy atom. The molecule has 133 valence electrons. The number of hydrogen-bond acceptors (Lipinski definition) is 4. The van der Waals surface area contributed by atoms with Gasteiger partial charge < -0.3 is 20.9 Å². The summed E-state index contributed by atoms with van der Waals surface area (Å²) in [7, 11) is 0. The molecule has 5 nitrogen and oxygen atoms in total. The summed E-state index contributed by atoms with van der Waals surface area (Å²) in [5.74, 6) is -0.949. The van der Waals surface area contributed by atoms with Crippen molar-refractivity contribution in [3.05, 3.63) is 71.6 Å². The molecule has 4 N–H and O–H groups in total. The molecule has 0 saturated heterocycles. The molecule has 2 aromatic rings. The first-order valence-electron chi connectivity index (χ1n) is 7.65. The van der Waals surface area contributed by atoms with E-state index < -0.39 is 23.8 Å². The molecule has 0 spiro atoms. The van der Waals surface area contributed by atoms with E-state index in [1.165, 1.54) is 12.1 Å². The summed E-state index contributed by atoms with van der Waals surface area (Å²) in [6, 6.07) is 10.1. The minimum Gasteiger partial charge on any atom is -0.410 e. The fourth-order valence-electron chi connectivity index (χ4n) is 2.28. The Morgan fingerprint density at radius 2 is 1.92 bits per heavy atom. The molecule has 2 rings (SSSR count). The minimum atomic E-state index is -0.885. The lowest BCUT2D eigenvalue weighted by atomic mass is 10.1. The van der Waals surface area contributed by atoms with Crippen LogP contribution in [0.15, 0.2) is 42.5 Å². The van der Waals surface area contributed by atoms with Gasteiger partial charge in [0.25, 0.3) is 0 Å². The highest BCUT2D eigenvalue weighted by Crippen LogP contribution is 2.13. The van der Waals surface area contributed by atoms with Crippen LogP contribution in [0.5, 0.6) is 5.75 Å². The van der Waals surface area contributed by atoms with Crippen molar-refractivity contribution in [2.45, 2.75) is 19.1 Å². The van der Waals surface area contributed by atoms with Gasteiger partial charge in [0, 0.05) is 19.2 Å². The molecule has 0 aliphatic carbocycles. The number of halogens is 2. The number of aliphatic hydroxyl groups excluding tert-OH is 1. The Hall–Kier alpha value is -2.51. The van der Waals surface area contributed by atoms with Crippen LogP contribution < -0.4 is 15.8 Å². The molecule has 7 heteroatoms. The van der Waals surface area contributed by atoms with Gasteiger partial charge in [-0.1, -0.05) is 12.1 Å². The molecule has 0 bridgehead atoms. The monoisotopic (exact) mass is 349 g/mol. The van der Waals surface area contributed by atoms with Crippen LogP contribution in [0, 0.1) is 18.1 Å². The number of ether oxygens (including phenoxy) is 1. The predicted octanol–water partition coefficient (Wildman–Crippen LogP) is 2.32. The summed E-state index contributed by atoms with van der Waals surface area (Å²) in [6.07, 6.45) is 0.146. The molecule has 1 amide bonds. The zero-order chi connectivity index (χ0) is 18.2. The smallest absolute Gasteiger partial charge is 0.409 e. The standard InChI is InChI=1S/C18H19F2N2O3/c19-14-6-12(7-15(20)9-14)4-5-16(23)11-22-10-13-2-1-3-17(8-13)25-18(21)24/h1-3,5-9,16,22-23H,4,10-11H2,(H2,21,24). The Bertz CT molecular complexity index is 705. The molecule has 25 heavy (non-hydrogen) atoms. The molecule has 1 unspecified atom stereocenters. The average molecular weight is 349 g/mol. The molecule has 1 atom stereocenters. The number of hydrogen-bond donors (Lipinski definition) is 3. The van der Waals surface area contributed by atoms with Gasteiger partial charge in [-0.2, -0.15) is 0 Å². The van der Waals surface area contributed by atoms with Gasteiger partial charge in [-0.25, -0.2) is 13.6 Å². The summed E-state index contributed by atoms with van der Waals surface area (Å²) in [5.41, 5.74) is 6.25. The number of aliphatic hydroxyl groups is 1. The van der Waals surface area contributed by atoms with Crippen LogP contribution in [0.3, 0.4) is 0 Å². The fraction of sp³-hybridized carbons (Fsp3) is 0.222. The van der Waals surface area contributed by atoms with Gasteiger partial charge >= 0.3 is 6.09 Å². The lowest BCUT2D eigenvalue weighted by Crippen LogP contribution is -2.27.